The highest BCUT2D eigenvalue weighted by Crippen LogP contribution is 2.62. The second-order valence-corrected chi connectivity index (χ2v) is 51.0. The Morgan fingerprint density at radius 3 is 1.51 bits per heavy atom. The van der Waals surface area contributed by atoms with Crippen LogP contribution in [0.2, 0.25) is 0 Å². The van der Waals surface area contributed by atoms with Crippen molar-refractivity contribution < 1.29 is 0 Å². The van der Waals surface area contributed by atoms with Gasteiger partial charge in [-0.1, -0.05) is 303 Å². The summed E-state index contributed by atoms with van der Waals surface area (Å²) >= 11 is 0. The van der Waals surface area contributed by atoms with Gasteiger partial charge >= 0.3 is 0 Å². The number of nitrogens with zero attached hydrogens (tertiary/aromatic N) is 5. The van der Waals surface area contributed by atoms with E-state index in [1.54, 1.807) is 0 Å². The first-order valence-corrected chi connectivity index (χ1v) is 51.6. The molecule has 7 heteroatoms. The molecule has 5 aliphatic carbocycles. The van der Waals surface area contributed by atoms with Crippen LogP contribution >= 0.6 is 0 Å². The molecule has 25 rings (SSSR count). The molecule has 4 bridgehead atoms. The number of hydrogen-bond donors (Lipinski definition) is 0. The molecule has 0 spiro atoms. The van der Waals surface area contributed by atoms with Crippen LogP contribution in [0.4, 0.5) is 68.2 Å². The van der Waals surface area contributed by atoms with Gasteiger partial charge in [-0.25, -0.2) is 0 Å². The zero-order chi connectivity index (χ0) is 95.0. The number of benzene rings is 14. The van der Waals surface area contributed by atoms with E-state index in [0.29, 0.717) is 0 Å². The van der Waals surface area contributed by atoms with E-state index in [1.807, 2.05) is 0 Å². The minimum atomic E-state index is -0.519. The highest BCUT2D eigenvalue weighted by atomic mass is 15.2. The summed E-state index contributed by atoms with van der Waals surface area (Å²) in [5.41, 5.74) is 53.9. The van der Waals surface area contributed by atoms with Crippen LogP contribution in [-0.2, 0) is 74.4 Å². The summed E-state index contributed by atoms with van der Waals surface area (Å²) in [6.45, 7) is 56.4. The van der Waals surface area contributed by atoms with E-state index in [4.69, 9.17) is 0 Å². The van der Waals surface area contributed by atoms with Crippen molar-refractivity contribution in [1.29, 1.82) is 0 Å². The Kier molecular flexibility index (Phi) is 18.2. The molecule has 3 atom stereocenters. The number of aryl methyl sites for hydroxylation is 1. The average molecular weight is 1790 g/mol. The molecule has 5 nitrogen and oxygen atoms in total. The van der Waals surface area contributed by atoms with Crippen LogP contribution < -0.4 is 52.4 Å². The summed E-state index contributed by atoms with van der Waals surface area (Å²) in [7, 11) is 0. The molecule has 0 amide bonds. The molecule has 684 valence electrons. The second-order valence-electron chi connectivity index (χ2n) is 51.0. The molecular formula is C130H133B2N5. The van der Waals surface area contributed by atoms with Gasteiger partial charge in [-0.05, 0) is 369 Å². The van der Waals surface area contributed by atoms with Crippen molar-refractivity contribution >= 4 is 125 Å². The third kappa shape index (κ3) is 12.8. The van der Waals surface area contributed by atoms with Gasteiger partial charge in [0, 0.05) is 89.9 Å². The Morgan fingerprint density at radius 1 is 0.307 bits per heavy atom. The lowest BCUT2D eigenvalue weighted by atomic mass is 9.33. The summed E-state index contributed by atoms with van der Waals surface area (Å²) < 4.78 is 2.75. The smallest absolute Gasteiger partial charge is 0.252 e. The molecule has 0 saturated heterocycles. The van der Waals surface area contributed by atoms with E-state index in [0.717, 1.165) is 62.7 Å². The molecule has 14 aromatic carbocycles. The van der Waals surface area contributed by atoms with Crippen LogP contribution in [0.5, 0.6) is 0 Å². The Hall–Kier alpha value is -12.1. The van der Waals surface area contributed by atoms with Crippen LogP contribution in [0.15, 0.2) is 267 Å². The van der Waals surface area contributed by atoms with Crippen LogP contribution in [0.1, 0.15) is 285 Å². The molecule has 1 aromatic heterocycles. The van der Waals surface area contributed by atoms with Crippen molar-refractivity contribution in [3.8, 4) is 28.1 Å². The molecule has 137 heavy (non-hydrogen) atoms. The molecule has 6 heterocycles. The number of hydrogen-bond acceptors (Lipinski definition) is 4. The SMILES string of the molecule is Cc1cc2c3c(c1)N(c1ccc4c(c1)C(C)(C)CCC4(C)C)c1cc4c(cc1B3c1cc3c(cc1N2c1ccc2c(c1)CC(C)(C)C2)CC(C)(CCC1(C)c2ccccc2-c2c1c1ccccc1n2-c1cc2c5c(c1)N1c6cc(ccc6B5c5cc(C(C)(C)C)ccc5N2c2ccc(C(C)(C)C)cc2)C(C)(c2ccccc2)c2cccc(c2)-c2cc(C(C)(C)C)ccc21)C3)C(C)(C)CCC4(C)C. The molecule has 0 N–H and O–H groups in total. The summed E-state index contributed by atoms with van der Waals surface area (Å²) in [5.74, 6) is 0. The van der Waals surface area contributed by atoms with Gasteiger partial charge in [0.2, 0.25) is 0 Å². The molecule has 0 saturated carbocycles. The summed E-state index contributed by atoms with van der Waals surface area (Å²) in [6, 6.07) is 109. The number of rotatable bonds is 8. The average Bonchev–Trinajstić information content (AvgIpc) is 1.67. The van der Waals surface area contributed by atoms with Crippen molar-refractivity contribution in [3.05, 3.63) is 361 Å². The first kappa shape index (κ1) is 86.5. The second kappa shape index (κ2) is 28.8. The Bertz CT molecular complexity index is 7730. The molecule has 3 unspecified atom stereocenters. The number of fused-ring (bicyclic) bond motifs is 23. The van der Waals surface area contributed by atoms with Crippen LogP contribution in [-0.4, -0.2) is 18.0 Å². The maximum Gasteiger partial charge on any atom is 0.252 e. The van der Waals surface area contributed by atoms with Gasteiger partial charge in [-0.2, -0.15) is 0 Å². The predicted octanol–water partition coefficient (Wildman–Crippen LogP) is 30.0. The van der Waals surface area contributed by atoms with E-state index in [-0.39, 0.29) is 67.6 Å². The van der Waals surface area contributed by atoms with Crippen molar-refractivity contribution in [3.63, 3.8) is 0 Å². The molecule has 0 radical (unpaired) electrons. The monoisotopic (exact) mass is 1790 g/mol. The van der Waals surface area contributed by atoms with Crippen LogP contribution in [0, 0.1) is 17.8 Å². The molecule has 0 fully saturated rings. The zero-order valence-corrected chi connectivity index (χ0v) is 85.4. The van der Waals surface area contributed by atoms with Gasteiger partial charge in [-0.15, -0.1) is 0 Å². The van der Waals surface area contributed by atoms with Crippen molar-refractivity contribution in [2.75, 3.05) is 19.6 Å². The van der Waals surface area contributed by atoms with Gasteiger partial charge in [0.05, 0.1) is 22.6 Å². The lowest BCUT2D eigenvalue weighted by Crippen LogP contribution is -2.62. The fourth-order valence-electron chi connectivity index (χ4n) is 27.9. The lowest BCUT2D eigenvalue weighted by molar-refractivity contribution is 0.282. The third-order valence-corrected chi connectivity index (χ3v) is 36.0. The maximum absolute atomic E-state index is 2.79. The van der Waals surface area contributed by atoms with Gasteiger partial charge in [0.1, 0.15) is 0 Å². The largest absolute Gasteiger partial charge is 0.311 e. The summed E-state index contributed by atoms with van der Waals surface area (Å²) in [5, 5.41) is 1.32. The Labute approximate surface area is 816 Å². The Balaban J connectivity index is 0.672. The highest BCUT2D eigenvalue weighted by molar-refractivity contribution is 7.01. The number of para-hydroxylation sites is 1. The maximum atomic E-state index is 2.79. The minimum Gasteiger partial charge on any atom is -0.311 e. The number of aromatic nitrogens is 1. The topological polar surface area (TPSA) is 17.9 Å². The van der Waals surface area contributed by atoms with E-state index in [2.05, 4.69) is 450 Å². The summed E-state index contributed by atoms with van der Waals surface area (Å²) in [4.78, 5) is 11.0. The van der Waals surface area contributed by atoms with E-state index in [9.17, 15) is 0 Å². The van der Waals surface area contributed by atoms with E-state index >= 15 is 0 Å². The molecule has 15 aromatic rings. The quantitative estimate of drug-likeness (QED) is 0.141. The fourth-order valence-corrected chi connectivity index (χ4v) is 27.9. The van der Waals surface area contributed by atoms with Gasteiger partial charge in [0.25, 0.3) is 13.4 Å². The van der Waals surface area contributed by atoms with E-state index in [1.165, 1.54) is 236 Å². The highest BCUT2D eigenvalue weighted by Gasteiger charge is 2.54. The van der Waals surface area contributed by atoms with Crippen molar-refractivity contribution in [2.45, 2.75) is 272 Å². The zero-order valence-electron chi connectivity index (χ0n) is 85.4. The normalized spacial score (nSPS) is 20.6. The van der Waals surface area contributed by atoms with Crippen LogP contribution in [0.3, 0.4) is 0 Å². The molecule has 10 aliphatic rings. The molecule has 5 aliphatic heterocycles. The Morgan fingerprint density at radius 2 is 0.818 bits per heavy atom. The first-order chi connectivity index (χ1) is 65.0. The minimum absolute atomic E-state index is 0.000255. The van der Waals surface area contributed by atoms with Crippen LogP contribution in [0.25, 0.3) is 39.0 Å². The standard InChI is InChI=1S/C130H133B2N5/c1-78-60-112-117-113(61-78)135(92-49-50-98-99(69-92)125(15,16)55-54-124(98,13)14)111-73-101-100(126(17,18)56-57-127(101,19)20)72-105(111)132(117)103-64-82-76-128(21,77-83(82)65-109(103)134(112)91-46-40-80-74-123(11,12)75-81(80)63-91)58-59-129(22)97-38-29-27-36-94(97)119-116(129)95-37-28-30-39-106(95)136(119)93-70-114-118-115(71-93)137-107-52-44-86(121(5,6)7)66-96(107)79-32-31-35-88(62-79)130(23,85-33-25-24-26-34-85)89-43-51-102(110(137)68-89)131(118)104-67-87(122(8,9)10)45-53-108(104)133(114)90-47-41-84(42-48-90)120(2,3)4/h24-53,60-73H,54-59,74-77H2,1-23H3. The van der Waals surface area contributed by atoms with Crippen molar-refractivity contribution in [2.24, 2.45) is 10.8 Å². The van der Waals surface area contributed by atoms with Gasteiger partial charge in [0.15, 0.2) is 0 Å². The third-order valence-electron chi connectivity index (χ3n) is 36.0. The number of anilines is 12. The first-order valence-electron chi connectivity index (χ1n) is 51.6. The van der Waals surface area contributed by atoms with Gasteiger partial charge < -0.3 is 24.2 Å². The fraction of sp³-hybridized carbons (Fsp3) is 0.338. The lowest BCUT2D eigenvalue weighted by Gasteiger charge is -2.48. The predicted molar refractivity (Wildman–Crippen MR) is 584 cm³/mol. The van der Waals surface area contributed by atoms with Gasteiger partial charge in [-0.3, -0.25) is 0 Å². The van der Waals surface area contributed by atoms with Crippen molar-refractivity contribution in [1.82, 2.24) is 4.57 Å². The molecular weight excluding hydrogens is 1650 g/mol. The van der Waals surface area contributed by atoms with E-state index < -0.39 is 5.41 Å². The summed E-state index contributed by atoms with van der Waals surface area (Å²) in [6.07, 6.45) is 10.9.